The van der Waals surface area contributed by atoms with Crippen LogP contribution in [0.4, 0.5) is 0 Å². The number of halogens is 1. The summed E-state index contributed by atoms with van der Waals surface area (Å²) in [5.41, 5.74) is 0.0388. The van der Waals surface area contributed by atoms with Gasteiger partial charge in [-0.15, -0.1) is 11.6 Å². The van der Waals surface area contributed by atoms with Crippen LogP contribution in [0.2, 0.25) is 0 Å². The van der Waals surface area contributed by atoms with Crippen molar-refractivity contribution in [2.45, 2.75) is 38.5 Å². The number of carbonyl (C=O) groups excluding carboxylic acids is 2. The summed E-state index contributed by atoms with van der Waals surface area (Å²) >= 11 is 5.76. The molecule has 0 bridgehead atoms. The maximum atomic E-state index is 12.0. The summed E-state index contributed by atoms with van der Waals surface area (Å²) in [5.74, 6) is -0.510. The number of nitrogens with one attached hydrogen (secondary N) is 1. The van der Waals surface area contributed by atoms with Crippen LogP contribution in [0.15, 0.2) is 0 Å². The van der Waals surface area contributed by atoms with Crippen molar-refractivity contribution in [1.29, 1.82) is 0 Å². The van der Waals surface area contributed by atoms with E-state index in [1.165, 1.54) is 7.11 Å². The third kappa shape index (κ3) is 3.60. The van der Waals surface area contributed by atoms with Gasteiger partial charge in [0, 0.05) is 12.5 Å². The number of ether oxygens (including phenoxy) is 1. The summed E-state index contributed by atoms with van der Waals surface area (Å²) in [5, 5.41) is 1.91. The summed E-state index contributed by atoms with van der Waals surface area (Å²) in [6.45, 7) is 4.32. The van der Waals surface area contributed by atoms with Crippen molar-refractivity contribution in [2.24, 2.45) is 11.3 Å². The van der Waals surface area contributed by atoms with Crippen LogP contribution in [-0.4, -0.2) is 30.9 Å². The molecule has 4 nitrogen and oxygen atoms in total. The lowest BCUT2D eigenvalue weighted by Crippen LogP contribution is -2.40. The molecular weight excluding hydrogens is 242 g/mol. The Balaban J connectivity index is 2.42. The Morgan fingerprint density at radius 3 is 2.65 bits per heavy atom. The van der Waals surface area contributed by atoms with Crippen molar-refractivity contribution >= 4 is 23.5 Å². The molecule has 2 unspecified atom stereocenters. The van der Waals surface area contributed by atoms with Gasteiger partial charge in [0.05, 0.1) is 7.11 Å². The Labute approximate surface area is 107 Å². The van der Waals surface area contributed by atoms with Crippen molar-refractivity contribution < 1.29 is 14.3 Å². The zero-order chi connectivity index (χ0) is 13.1. The number of carbonyl (C=O) groups is 2. The van der Waals surface area contributed by atoms with Gasteiger partial charge in [-0.2, -0.15) is 0 Å². The van der Waals surface area contributed by atoms with Gasteiger partial charge in [-0.05, 0) is 18.3 Å². The monoisotopic (exact) mass is 261 g/mol. The first-order valence-corrected chi connectivity index (χ1v) is 6.31. The van der Waals surface area contributed by atoms with Crippen LogP contribution in [0.5, 0.6) is 0 Å². The topological polar surface area (TPSA) is 55.4 Å². The van der Waals surface area contributed by atoms with Crippen LogP contribution in [0.3, 0.4) is 0 Å². The number of hydrogen-bond acceptors (Lipinski definition) is 3. The Morgan fingerprint density at radius 1 is 1.53 bits per heavy atom. The van der Waals surface area contributed by atoms with E-state index >= 15 is 0 Å². The standard InChI is InChI=1S/C12H20ClNO3/c1-12(2)6-4-5-8(12)10(15)14-7-9(13)11(16)17-3/h8-9H,4-7H2,1-3H3,(H,14,15). The summed E-state index contributed by atoms with van der Waals surface area (Å²) in [4.78, 5) is 23.0. The minimum Gasteiger partial charge on any atom is -0.468 e. The van der Waals surface area contributed by atoms with Gasteiger partial charge in [0.25, 0.3) is 0 Å². The van der Waals surface area contributed by atoms with Crippen LogP contribution >= 0.6 is 11.6 Å². The van der Waals surface area contributed by atoms with Crippen LogP contribution in [-0.2, 0) is 14.3 Å². The lowest BCUT2D eigenvalue weighted by atomic mass is 9.81. The van der Waals surface area contributed by atoms with E-state index in [9.17, 15) is 9.59 Å². The molecule has 0 spiro atoms. The van der Waals surface area contributed by atoms with E-state index in [1.807, 2.05) is 0 Å². The van der Waals surface area contributed by atoms with Crippen molar-refractivity contribution in [3.05, 3.63) is 0 Å². The highest BCUT2D eigenvalue weighted by atomic mass is 35.5. The Hall–Kier alpha value is -0.770. The van der Waals surface area contributed by atoms with Gasteiger partial charge < -0.3 is 10.1 Å². The average molecular weight is 262 g/mol. The third-order valence-corrected chi connectivity index (χ3v) is 3.82. The van der Waals surface area contributed by atoms with Gasteiger partial charge in [0.15, 0.2) is 0 Å². The molecule has 0 heterocycles. The molecular formula is C12H20ClNO3. The number of methoxy groups -OCH3 is 1. The normalized spacial score (nSPS) is 24.1. The largest absolute Gasteiger partial charge is 0.468 e. The molecule has 0 aromatic heterocycles. The minimum absolute atomic E-state index is 0.0120. The maximum absolute atomic E-state index is 12.0. The molecule has 1 aliphatic carbocycles. The molecule has 1 fully saturated rings. The van der Waals surface area contributed by atoms with E-state index in [1.54, 1.807) is 0 Å². The molecule has 98 valence electrons. The molecule has 0 aromatic carbocycles. The second-order valence-electron chi connectivity index (χ2n) is 5.17. The fraction of sp³-hybridized carbons (Fsp3) is 0.833. The molecule has 2 atom stereocenters. The van der Waals surface area contributed by atoms with Crippen molar-refractivity contribution in [2.75, 3.05) is 13.7 Å². The lowest BCUT2D eigenvalue weighted by Gasteiger charge is -2.26. The Bertz CT molecular complexity index is 304. The number of rotatable bonds is 4. The van der Waals surface area contributed by atoms with E-state index in [2.05, 4.69) is 23.9 Å². The quantitative estimate of drug-likeness (QED) is 0.619. The summed E-state index contributed by atoms with van der Waals surface area (Å²) in [6, 6.07) is 0. The number of esters is 1. The molecule has 1 rings (SSSR count). The van der Waals surface area contributed by atoms with Crippen LogP contribution < -0.4 is 5.32 Å². The number of hydrogen-bond donors (Lipinski definition) is 1. The summed E-state index contributed by atoms with van der Waals surface area (Å²) < 4.78 is 4.49. The highest BCUT2D eigenvalue weighted by Crippen LogP contribution is 2.42. The zero-order valence-electron chi connectivity index (χ0n) is 10.6. The maximum Gasteiger partial charge on any atom is 0.325 e. The molecule has 1 aliphatic rings. The predicted molar refractivity (Wildman–Crippen MR) is 65.8 cm³/mol. The van der Waals surface area contributed by atoms with E-state index in [0.717, 1.165) is 19.3 Å². The zero-order valence-corrected chi connectivity index (χ0v) is 11.3. The number of amides is 1. The highest BCUT2D eigenvalue weighted by molar-refractivity contribution is 6.30. The SMILES string of the molecule is COC(=O)C(Cl)CNC(=O)C1CCCC1(C)C. The van der Waals surface area contributed by atoms with Crippen molar-refractivity contribution in [1.82, 2.24) is 5.32 Å². The summed E-state index contributed by atoms with van der Waals surface area (Å²) in [7, 11) is 1.28. The third-order valence-electron chi connectivity index (χ3n) is 3.49. The first-order valence-electron chi connectivity index (χ1n) is 5.88. The van der Waals surface area contributed by atoms with Crippen LogP contribution in [0, 0.1) is 11.3 Å². The highest BCUT2D eigenvalue weighted by Gasteiger charge is 2.39. The molecule has 0 aromatic rings. The number of alkyl halides is 1. The molecule has 0 radical (unpaired) electrons. The molecule has 17 heavy (non-hydrogen) atoms. The van der Waals surface area contributed by atoms with Crippen LogP contribution in [0.25, 0.3) is 0 Å². The van der Waals surface area contributed by atoms with E-state index in [0.29, 0.717) is 0 Å². The molecule has 1 N–H and O–H groups in total. The van der Waals surface area contributed by atoms with Gasteiger partial charge in [-0.3, -0.25) is 9.59 Å². The molecule has 0 aliphatic heterocycles. The lowest BCUT2D eigenvalue weighted by molar-refractivity contribution is -0.140. The van der Waals surface area contributed by atoms with Gasteiger partial charge >= 0.3 is 5.97 Å². The fourth-order valence-electron chi connectivity index (χ4n) is 2.34. The predicted octanol–water partition coefficient (Wildman–Crippen LogP) is 1.71. The van der Waals surface area contributed by atoms with Crippen LogP contribution in [0.1, 0.15) is 33.1 Å². The fourth-order valence-corrected chi connectivity index (χ4v) is 2.50. The van der Waals surface area contributed by atoms with Gasteiger partial charge in [-0.1, -0.05) is 20.3 Å². The summed E-state index contributed by atoms with van der Waals surface area (Å²) in [6.07, 6.45) is 3.04. The Kier molecular flexibility index (Phi) is 4.80. The first kappa shape index (κ1) is 14.3. The van der Waals surface area contributed by atoms with E-state index in [-0.39, 0.29) is 23.8 Å². The first-order chi connectivity index (χ1) is 7.88. The average Bonchev–Trinajstić information content (AvgIpc) is 2.64. The Morgan fingerprint density at radius 2 is 2.18 bits per heavy atom. The van der Waals surface area contributed by atoms with Crippen molar-refractivity contribution in [3.8, 4) is 0 Å². The van der Waals surface area contributed by atoms with Gasteiger partial charge in [0.1, 0.15) is 5.38 Å². The molecule has 1 amide bonds. The van der Waals surface area contributed by atoms with E-state index in [4.69, 9.17) is 11.6 Å². The molecule has 1 saturated carbocycles. The molecule has 0 saturated heterocycles. The van der Waals surface area contributed by atoms with E-state index < -0.39 is 11.3 Å². The minimum atomic E-state index is -0.812. The second kappa shape index (κ2) is 5.71. The van der Waals surface area contributed by atoms with Crippen molar-refractivity contribution in [3.63, 3.8) is 0 Å². The second-order valence-corrected chi connectivity index (χ2v) is 5.70. The van der Waals surface area contributed by atoms with Gasteiger partial charge in [-0.25, -0.2) is 0 Å². The molecule has 5 heteroatoms. The van der Waals surface area contributed by atoms with Gasteiger partial charge in [0.2, 0.25) is 5.91 Å². The smallest absolute Gasteiger partial charge is 0.325 e.